The zero-order chi connectivity index (χ0) is 16.1. The van der Waals surface area contributed by atoms with E-state index < -0.39 is 6.61 Å². The summed E-state index contributed by atoms with van der Waals surface area (Å²) in [6.07, 6.45) is 1.57. The second-order valence-electron chi connectivity index (χ2n) is 4.37. The van der Waals surface area contributed by atoms with Crippen molar-refractivity contribution in [2.75, 3.05) is 6.61 Å². The largest absolute Gasteiger partial charge is 0.490 e. The van der Waals surface area contributed by atoms with Gasteiger partial charge in [0.2, 0.25) is 0 Å². The molecule has 0 aliphatic carbocycles. The molecular weight excluding hydrogens is 294 g/mol. The Labute approximate surface area is 126 Å². The molecule has 0 radical (unpaired) electrons. The minimum absolute atomic E-state index is 0.00865. The average Bonchev–Trinajstić information content (AvgIpc) is 2.78. The molecule has 8 heteroatoms. The van der Waals surface area contributed by atoms with Crippen LogP contribution in [-0.4, -0.2) is 34.3 Å². The highest BCUT2D eigenvalue weighted by Crippen LogP contribution is 2.29. The summed E-state index contributed by atoms with van der Waals surface area (Å²) in [5.74, 6) is 1.53. The maximum atomic E-state index is 12.3. The number of aryl methyl sites for hydroxylation is 2. The minimum Gasteiger partial charge on any atom is -0.490 e. The molecule has 0 spiro atoms. The van der Waals surface area contributed by atoms with Crippen LogP contribution in [0.1, 0.15) is 24.1 Å². The van der Waals surface area contributed by atoms with Crippen LogP contribution in [0.4, 0.5) is 8.78 Å². The predicted octanol–water partition coefficient (Wildman–Crippen LogP) is 2.78. The monoisotopic (exact) mass is 310 g/mol. The summed E-state index contributed by atoms with van der Waals surface area (Å²) in [6.45, 7) is 2.76. The van der Waals surface area contributed by atoms with Gasteiger partial charge in [0.05, 0.1) is 12.8 Å². The van der Waals surface area contributed by atoms with Crippen molar-refractivity contribution in [3.63, 3.8) is 0 Å². The summed E-state index contributed by atoms with van der Waals surface area (Å²) in [4.78, 5) is 0. The molecule has 0 amide bonds. The number of hydrogen-bond donors (Lipinski definition) is 0. The number of alkyl halides is 2. The molecule has 0 atom stereocenters. The van der Waals surface area contributed by atoms with Crippen LogP contribution in [0.15, 0.2) is 23.3 Å². The topological polar surface area (TPSA) is 61.5 Å². The quantitative estimate of drug-likeness (QED) is 0.770. The Bertz CT molecular complexity index is 651. The standard InChI is InChI=1S/C14H16F2N4O2/c1-4-21-13-7-11(5-6-12(13)22-14(15)16)8-17-20-9(2)18-19-10(20)3/h5-8,14H,4H2,1-3H3/b17-8-. The second kappa shape index (κ2) is 6.97. The third-order valence-corrected chi connectivity index (χ3v) is 2.76. The number of nitrogens with zero attached hydrogens (tertiary/aromatic N) is 4. The van der Waals surface area contributed by atoms with Crippen molar-refractivity contribution in [3.05, 3.63) is 35.4 Å². The van der Waals surface area contributed by atoms with Gasteiger partial charge >= 0.3 is 6.61 Å². The molecule has 118 valence electrons. The number of hydrogen-bond acceptors (Lipinski definition) is 5. The van der Waals surface area contributed by atoms with Crippen molar-refractivity contribution in [2.24, 2.45) is 5.10 Å². The van der Waals surface area contributed by atoms with E-state index in [2.05, 4.69) is 20.0 Å². The molecule has 1 heterocycles. The smallest absolute Gasteiger partial charge is 0.387 e. The van der Waals surface area contributed by atoms with E-state index in [4.69, 9.17) is 4.74 Å². The van der Waals surface area contributed by atoms with Crippen molar-refractivity contribution < 1.29 is 18.3 Å². The van der Waals surface area contributed by atoms with Crippen molar-refractivity contribution in [1.82, 2.24) is 14.9 Å². The maximum absolute atomic E-state index is 12.3. The summed E-state index contributed by atoms with van der Waals surface area (Å²) in [7, 11) is 0. The lowest BCUT2D eigenvalue weighted by molar-refractivity contribution is -0.0514. The Balaban J connectivity index is 2.26. The van der Waals surface area contributed by atoms with Crippen LogP contribution in [0.3, 0.4) is 0 Å². The second-order valence-corrected chi connectivity index (χ2v) is 4.37. The van der Waals surface area contributed by atoms with Crippen molar-refractivity contribution in [2.45, 2.75) is 27.4 Å². The fourth-order valence-corrected chi connectivity index (χ4v) is 1.82. The zero-order valence-corrected chi connectivity index (χ0v) is 12.5. The van der Waals surface area contributed by atoms with Crippen LogP contribution in [0, 0.1) is 13.8 Å². The Morgan fingerprint density at radius 2 is 1.91 bits per heavy atom. The van der Waals surface area contributed by atoms with Crippen LogP contribution >= 0.6 is 0 Å². The Kier molecular flexibility index (Phi) is 5.03. The maximum Gasteiger partial charge on any atom is 0.387 e. The number of rotatable bonds is 6. The predicted molar refractivity (Wildman–Crippen MR) is 76.7 cm³/mol. The molecule has 0 saturated heterocycles. The molecule has 0 N–H and O–H groups in total. The Morgan fingerprint density at radius 3 is 2.50 bits per heavy atom. The lowest BCUT2D eigenvalue weighted by Gasteiger charge is -2.11. The average molecular weight is 310 g/mol. The van der Waals surface area contributed by atoms with Gasteiger partial charge in [-0.25, -0.2) is 4.68 Å². The van der Waals surface area contributed by atoms with Gasteiger partial charge in [-0.3, -0.25) is 0 Å². The summed E-state index contributed by atoms with van der Waals surface area (Å²) < 4.78 is 36.0. The van der Waals surface area contributed by atoms with Crippen molar-refractivity contribution >= 4 is 6.21 Å². The first-order valence-corrected chi connectivity index (χ1v) is 6.66. The van der Waals surface area contributed by atoms with Gasteiger partial charge in [-0.1, -0.05) is 0 Å². The van der Waals surface area contributed by atoms with Crippen molar-refractivity contribution in [1.29, 1.82) is 0 Å². The molecule has 0 bridgehead atoms. The van der Waals surface area contributed by atoms with E-state index in [9.17, 15) is 8.78 Å². The molecule has 1 aromatic carbocycles. The highest BCUT2D eigenvalue weighted by molar-refractivity contribution is 5.80. The molecule has 2 rings (SSSR count). The fourth-order valence-electron chi connectivity index (χ4n) is 1.82. The molecule has 0 saturated carbocycles. The molecule has 6 nitrogen and oxygen atoms in total. The van der Waals surface area contributed by atoms with E-state index in [1.54, 1.807) is 43.8 Å². The van der Waals surface area contributed by atoms with E-state index in [1.165, 1.54) is 6.07 Å². The van der Waals surface area contributed by atoms with Gasteiger partial charge in [0, 0.05) is 0 Å². The molecule has 22 heavy (non-hydrogen) atoms. The lowest BCUT2D eigenvalue weighted by Crippen LogP contribution is -2.05. The van der Waals surface area contributed by atoms with Gasteiger partial charge in [0.25, 0.3) is 0 Å². The molecule has 0 unspecified atom stereocenters. The minimum atomic E-state index is -2.90. The normalized spacial score (nSPS) is 11.4. The first kappa shape index (κ1) is 15.9. The van der Waals surface area contributed by atoms with E-state index in [-0.39, 0.29) is 11.5 Å². The van der Waals surface area contributed by atoms with Crippen LogP contribution in [0.25, 0.3) is 0 Å². The SMILES string of the molecule is CCOc1cc(/C=N\n2c(C)nnc2C)ccc1OC(F)F. The van der Waals surface area contributed by atoms with Gasteiger partial charge in [0.15, 0.2) is 23.1 Å². The zero-order valence-electron chi connectivity index (χ0n) is 12.5. The van der Waals surface area contributed by atoms with Gasteiger partial charge in [0.1, 0.15) is 0 Å². The van der Waals surface area contributed by atoms with Crippen LogP contribution in [-0.2, 0) is 0 Å². The molecule has 2 aromatic rings. The summed E-state index contributed by atoms with van der Waals surface area (Å²) in [5.41, 5.74) is 0.678. The van der Waals surface area contributed by atoms with E-state index in [0.29, 0.717) is 23.8 Å². The number of ether oxygens (including phenoxy) is 2. The number of benzene rings is 1. The van der Waals surface area contributed by atoms with Gasteiger partial charge in [-0.2, -0.15) is 13.9 Å². The van der Waals surface area contributed by atoms with Crippen LogP contribution in [0.2, 0.25) is 0 Å². The highest BCUT2D eigenvalue weighted by atomic mass is 19.3. The summed E-state index contributed by atoms with van der Waals surface area (Å²) in [6, 6.07) is 4.61. The van der Waals surface area contributed by atoms with Gasteiger partial charge in [-0.05, 0) is 44.5 Å². The van der Waals surface area contributed by atoms with E-state index >= 15 is 0 Å². The van der Waals surface area contributed by atoms with Gasteiger partial charge < -0.3 is 9.47 Å². The van der Waals surface area contributed by atoms with Crippen LogP contribution < -0.4 is 9.47 Å². The molecule has 0 aliphatic rings. The molecule has 0 aliphatic heterocycles. The summed E-state index contributed by atoms with van der Waals surface area (Å²) >= 11 is 0. The van der Waals surface area contributed by atoms with E-state index in [0.717, 1.165) is 0 Å². The molecular formula is C14H16F2N4O2. The fraction of sp³-hybridized carbons (Fsp3) is 0.357. The highest BCUT2D eigenvalue weighted by Gasteiger charge is 2.11. The Hall–Kier alpha value is -2.51. The van der Waals surface area contributed by atoms with Crippen molar-refractivity contribution in [3.8, 4) is 11.5 Å². The molecule has 0 fully saturated rings. The first-order valence-electron chi connectivity index (χ1n) is 6.66. The third kappa shape index (κ3) is 3.78. The summed E-state index contributed by atoms with van der Waals surface area (Å²) in [5, 5.41) is 12.0. The van der Waals surface area contributed by atoms with E-state index in [1.807, 2.05) is 0 Å². The third-order valence-electron chi connectivity index (χ3n) is 2.76. The number of aromatic nitrogens is 3. The Morgan fingerprint density at radius 1 is 1.23 bits per heavy atom. The van der Waals surface area contributed by atoms with Gasteiger partial charge in [-0.15, -0.1) is 10.2 Å². The lowest BCUT2D eigenvalue weighted by atomic mass is 10.2. The molecule has 1 aromatic heterocycles. The number of halogens is 2. The first-order chi connectivity index (χ1) is 10.5. The van der Waals surface area contributed by atoms with Crippen LogP contribution in [0.5, 0.6) is 11.5 Å².